The van der Waals surface area contributed by atoms with Crippen LogP contribution in [0.15, 0.2) is 48.5 Å². The predicted molar refractivity (Wildman–Crippen MR) is 106 cm³/mol. The van der Waals surface area contributed by atoms with Gasteiger partial charge in [-0.05, 0) is 47.9 Å². The van der Waals surface area contributed by atoms with Crippen molar-refractivity contribution in [3.8, 4) is 5.75 Å². The Morgan fingerprint density at radius 3 is 2.50 bits per heavy atom. The van der Waals surface area contributed by atoms with Crippen molar-refractivity contribution in [1.82, 2.24) is 0 Å². The van der Waals surface area contributed by atoms with E-state index in [0.717, 1.165) is 11.4 Å². The molecule has 0 heterocycles. The maximum atomic E-state index is 11.0. The smallest absolute Gasteiger partial charge is 0.221 e. The van der Waals surface area contributed by atoms with Crippen LogP contribution in [0.25, 0.3) is 0 Å². The van der Waals surface area contributed by atoms with E-state index in [2.05, 4.69) is 31.3 Å². The summed E-state index contributed by atoms with van der Waals surface area (Å²) in [6, 6.07) is 15.4. The minimum Gasteiger partial charge on any atom is -0.491 e. The number of benzene rings is 2. The zero-order valence-electron chi connectivity index (χ0n) is 15.9. The molecule has 1 amide bonds. The van der Waals surface area contributed by atoms with Crippen LogP contribution < -0.4 is 15.0 Å². The van der Waals surface area contributed by atoms with Gasteiger partial charge in [-0.3, -0.25) is 4.79 Å². The zero-order valence-corrected chi connectivity index (χ0v) is 15.9. The first-order valence-corrected chi connectivity index (χ1v) is 8.84. The molecular weight excluding hydrogens is 328 g/mol. The van der Waals surface area contributed by atoms with E-state index in [4.69, 9.17) is 4.74 Å². The SMILES string of the molecule is CC(=O)Nc1ccc(OCC(O)CN(C)c2cccc(C(C)C)c2)cc1. The number of anilines is 2. The second kappa shape index (κ2) is 9.25. The second-order valence-corrected chi connectivity index (χ2v) is 6.80. The Bertz CT molecular complexity index is 713. The molecule has 0 saturated carbocycles. The van der Waals surface area contributed by atoms with Gasteiger partial charge < -0.3 is 20.1 Å². The Balaban J connectivity index is 1.85. The van der Waals surface area contributed by atoms with Crippen molar-refractivity contribution in [2.75, 3.05) is 30.4 Å². The van der Waals surface area contributed by atoms with Gasteiger partial charge in [0.05, 0.1) is 0 Å². The molecule has 0 radical (unpaired) electrons. The van der Waals surface area contributed by atoms with Gasteiger partial charge in [-0.1, -0.05) is 26.0 Å². The molecule has 0 fully saturated rings. The Hall–Kier alpha value is -2.53. The molecule has 0 aliphatic rings. The van der Waals surface area contributed by atoms with Crippen LogP contribution in [0.4, 0.5) is 11.4 Å². The summed E-state index contributed by atoms with van der Waals surface area (Å²) in [4.78, 5) is 13.0. The van der Waals surface area contributed by atoms with Crippen molar-refractivity contribution in [3.05, 3.63) is 54.1 Å². The van der Waals surface area contributed by atoms with E-state index in [9.17, 15) is 9.90 Å². The number of ether oxygens (including phenoxy) is 1. The van der Waals surface area contributed by atoms with Crippen LogP contribution in [-0.2, 0) is 4.79 Å². The molecule has 0 aliphatic carbocycles. The molecule has 1 atom stereocenters. The van der Waals surface area contributed by atoms with Gasteiger partial charge in [-0.15, -0.1) is 0 Å². The number of likely N-dealkylation sites (N-methyl/N-ethyl adjacent to an activating group) is 1. The van der Waals surface area contributed by atoms with Crippen molar-refractivity contribution >= 4 is 17.3 Å². The molecule has 5 nitrogen and oxygen atoms in total. The molecule has 0 aliphatic heterocycles. The van der Waals surface area contributed by atoms with Crippen molar-refractivity contribution in [3.63, 3.8) is 0 Å². The second-order valence-electron chi connectivity index (χ2n) is 6.80. The lowest BCUT2D eigenvalue weighted by atomic mass is 10.0. The third kappa shape index (κ3) is 6.08. The summed E-state index contributed by atoms with van der Waals surface area (Å²) < 4.78 is 5.64. The maximum absolute atomic E-state index is 11.0. The van der Waals surface area contributed by atoms with Gasteiger partial charge >= 0.3 is 0 Å². The highest BCUT2D eigenvalue weighted by Gasteiger charge is 2.11. The van der Waals surface area contributed by atoms with E-state index in [0.29, 0.717) is 18.2 Å². The standard InChI is InChI=1S/C21H28N2O3/c1-15(2)17-6-5-7-19(12-17)23(4)13-20(25)14-26-21-10-8-18(9-11-21)22-16(3)24/h5-12,15,20,25H,13-14H2,1-4H3,(H,22,24). The maximum Gasteiger partial charge on any atom is 0.221 e. The molecule has 140 valence electrons. The fraction of sp³-hybridized carbons (Fsp3) is 0.381. The van der Waals surface area contributed by atoms with Crippen LogP contribution in [0.2, 0.25) is 0 Å². The highest BCUT2D eigenvalue weighted by atomic mass is 16.5. The van der Waals surface area contributed by atoms with Crippen LogP contribution in [0.5, 0.6) is 5.75 Å². The van der Waals surface area contributed by atoms with E-state index in [1.165, 1.54) is 12.5 Å². The van der Waals surface area contributed by atoms with Crippen LogP contribution in [0.1, 0.15) is 32.3 Å². The van der Waals surface area contributed by atoms with Gasteiger partial charge in [-0.2, -0.15) is 0 Å². The summed E-state index contributed by atoms with van der Waals surface area (Å²) in [5, 5.41) is 13.0. The topological polar surface area (TPSA) is 61.8 Å². The van der Waals surface area contributed by atoms with Gasteiger partial charge in [0.15, 0.2) is 0 Å². The van der Waals surface area contributed by atoms with Gasteiger partial charge in [0.2, 0.25) is 5.91 Å². The fourth-order valence-electron chi connectivity index (χ4n) is 2.63. The van der Waals surface area contributed by atoms with Gasteiger partial charge in [-0.25, -0.2) is 0 Å². The van der Waals surface area contributed by atoms with Crippen molar-refractivity contribution < 1.29 is 14.6 Å². The van der Waals surface area contributed by atoms with Crippen LogP contribution in [-0.4, -0.2) is 37.3 Å². The lowest BCUT2D eigenvalue weighted by Gasteiger charge is -2.24. The monoisotopic (exact) mass is 356 g/mol. The highest BCUT2D eigenvalue weighted by molar-refractivity contribution is 5.88. The number of carbonyl (C=O) groups is 1. The first-order chi connectivity index (χ1) is 12.3. The minimum atomic E-state index is -0.613. The summed E-state index contributed by atoms with van der Waals surface area (Å²) in [6.45, 7) is 6.48. The number of aliphatic hydroxyl groups excluding tert-OH is 1. The third-order valence-electron chi connectivity index (χ3n) is 4.08. The molecule has 2 rings (SSSR count). The molecule has 5 heteroatoms. The lowest BCUT2D eigenvalue weighted by molar-refractivity contribution is -0.114. The van der Waals surface area contributed by atoms with Crippen molar-refractivity contribution in [1.29, 1.82) is 0 Å². The molecule has 26 heavy (non-hydrogen) atoms. The first kappa shape index (κ1) is 19.8. The van der Waals surface area contributed by atoms with Crippen molar-refractivity contribution in [2.24, 2.45) is 0 Å². The number of amides is 1. The Morgan fingerprint density at radius 1 is 1.19 bits per heavy atom. The molecule has 2 aromatic rings. The number of hydrogen-bond acceptors (Lipinski definition) is 4. The number of hydrogen-bond donors (Lipinski definition) is 2. The van der Waals surface area contributed by atoms with E-state index >= 15 is 0 Å². The number of carbonyl (C=O) groups excluding carboxylic acids is 1. The number of rotatable bonds is 8. The van der Waals surface area contributed by atoms with E-state index in [1.807, 2.05) is 24.1 Å². The summed E-state index contributed by atoms with van der Waals surface area (Å²) in [6.07, 6.45) is -0.613. The van der Waals surface area contributed by atoms with Gasteiger partial charge in [0.1, 0.15) is 18.5 Å². The van der Waals surface area contributed by atoms with Crippen LogP contribution >= 0.6 is 0 Å². The fourth-order valence-corrected chi connectivity index (χ4v) is 2.63. The number of aliphatic hydroxyl groups is 1. The molecule has 2 aromatic carbocycles. The predicted octanol–water partition coefficient (Wildman–Crippen LogP) is 3.64. The molecule has 0 saturated heterocycles. The summed E-state index contributed by atoms with van der Waals surface area (Å²) in [5.74, 6) is 1.01. The van der Waals surface area contributed by atoms with Gasteiger partial charge in [0.25, 0.3) is 0 Å². The largest absolute Gasteiger partial charge is 0.491 e. The highest BCUT2D eigenvalue weighted by Crippen LogP contribution is 2.21. The van der Waals surface area contributed by atoms with Gasteiger partial charge in [0, 0.05) is 31.9 Å². The van der Waals surface area contributed by atoms with Crippen LogP contribution in [0, 0.1) is 0 Å². The number of nitrogens with zero attached hydrogens (tertiary/aromatic N) is 1. The zero-order chi connectivity index (χ0) is 19.1. The molecule has 1 unspecified atom stereocenters. The first-order valence-electron chi connectivity index (χ1n) is 8.84. The average molecular weight is 356 g/mol. The Labute approximate surface area is 155 Å². The third-order valence-corrected chi connectivity index (χ3v) is 4.08. The molecule has 0 aromatic heterocycles. The summed E-state index contributed by atoms with van der Waals surface area (Å²) >= 11 is 0. The Kier molecular flexibility index (Phi) is 7.04. The quantitative estimate of drug-likeness (QED) is 0.758. The minimum absolute atomic E-state index is 0.112. The molecule has 0 bridgehead atoms. The summed E-state index contributed by atoms with van der Waals surface area (Å²) in [5.41, 5.74) is 3.07. The Morgan fingerprint density at radius 2 is 1.88 bits per heavy atom. The average Bonchev–Trinajstić information content (AvgIpc) is 2.60. The lowest BCUT2D eigenvalue weighted by Crippen LogP contribution is -2.33. The van der Waals surface area contributed by atoms with Crippen molar-refractivity contribution in [2.45, 2.75) is 32.8 Å². The molecule has 2 N–H and O–H groups in total. The molecular formula is C21H28N2O3. The van der Waals surface area contributed by atoms with Crippen LogP contribution in [0.3, 0.4) is 0 Å². The van der Waals surface area contributed by atoms with E-state index in [1.54, 1.807) is 24.3 Å². The molecule has 0 spiro atoms. The summed E-state index contributed by atoms with van der Waals surface area (Å²) in [7, 11) is 1.96. The van der Waals surface area contributed by atoms with E-state index < -0.39 is 6.10 Å². The van der Waals surface area contributed by atoms with E-state index in [-0.39, 0.29) is 12.5 Å². The normalized spacial score (nSPS) is 11.9. The number of nitrogens with one attached hydrogen (secondary N) is 1.